The number of carbonyl (C=O) groups is 3. The van der Waals surface area contributed by atoms with Crippen LogP contribution in [-0.2, 0) is 21.4 Å². The molecule has 0 saturated carbocycles. The van der Waals surface area contributed by atoms with Crippen molar-refractivity contribution in [3.63, 3.8) is 0 Å². The van der Waals surface area contributed by atoms with Gasteiger partial charge in [0.15, 0.2) is 11.5 Å². The Morgan fingerprint density at radius 1 is 0.975 bits per heavy atom. The van der Waals surface area contributed by atoms with Crippen LogP contribution in [0.1, 0.15) is 23.3 Å². The van der Waals surface area contributed by atoms with Crippen LogP contribution in [0, 0.1) is 0 Å². The molecule has 0 spiro atoms. The Hall–Kier alpha value is -3.99. The number of thioether (sulfide) groups is 1. The van der Waals surface area contributed by atoms with Crippen LogP contribution in [0.2, 0.25) is 0 Å². The zero-order valence-corrected chi connectivity index (χ0v) is 23.9. The van der Waals surface area contributed by atoms with Crippen LogP contribution in [0.15, 0.2) is 48.5 Å². The number of hydrogen-bond acceptors (Lipinski definition) is 7. The van der Waals surface area contributed by atoms with E-state index in [-0.39, 0.29) is 35.3 Å². The Morgan fingerprint density at radius 2 is 1.65 bits per heavy atom. The predicted molar refractivity (Wildman–Crippen MR) is 154 cm³/mol. The first-order valence-electron chi connectivity index (χ1n) is 13.1. The largest absolute Gasteiger partial charge is 0.493 e. The van der Waals surface area contributed by atoms with Crippen LogP contribution in [0.5, 0.6) is 11.5 Å². The first kappa shape index (κ1) is 27.6. The number of anilines is 1. The molecule has 0 N–H and O–H groups in total. The SMILES string of the molecule is COc1ccc([C@H]2SCC(=O)N(CC(=O)N3CCN(C(C)=O)CC3)c3c2c(-c2ccccc2)nn3C)cc1OC. The summed E-state index contributed by atoms with van der Waals surface area (Å²) in [7, 11) is 5.00. The third-order valence-corrected chi connectivity index (χ3v) is 8.63. The molecule has 1 aromatic heterocycles. The minimum absolute atomic E-state index is 0.000918. The van der Waals surface area contributed by atoms with Gasteiger partial charge in [-0.3, -0.25) is 24.0 Å². The molecule has 1 fully saturated rings. The van der Waals surface area contributed by atoms with E-state index in [1.807, 2.05) is 55.6 Å². The van der Waals surface area contributed by atoms with Gasteiger partial charge in [0.1, 0.15) is 12.4 Å². The first-order valence-corrected chi connectivity index (χ1v) is 14.2. The standard InChI is InChI=1S/C29H33N5O5S/c1-19(35)32-12-14-33(15-13-32)24(36)17-34-25(37)18-40-28(21-10-11-22(38-3)23(16-21)39-4)26-27(30-31(2)29(26)34)20-8-6-5-7-9-20/h5-11,16,28H,12-15,17-18H2,1-4H3/t28-/m1/s1. The molecule has 0 bridgehead atoms. The monoisotopic (exact) mass is 563 g/mol. The fourth-order valence-electron chi connectivity index (χ4n) is 5.28. The second kappa shape index (κ2) is 11.6. The maximum Gasteiger partial charge on any atom is 0.242 e. The van der Waals surface area contributed by atoms with Crippen LogP contribution in [0.4, 0.5) is 5.82 Å². The number of amides is 3. The highest BCUT2D eigenvalue weighted by atomic mass is 32.2. The van der Waals surface area contributed by atoms with Gasteiger partial charge in [0, 0.05) is 51.3 Å². The van der Waals surface area contributed by atoms with E-state index in [0.717, 1.165) is 22.4 Å². The first-order chi connectivity index (χ1) is 19.3. The summed E-state index contributed by atoms with van der Waals surface area (Å²) >= 11 is 1.50. The summed E-state index contributed by atoms with van der Waals surface area (Å²) in [6.45, 7) is 3.30. The molecule has 0 aliphatic carbocycles. The van der Waals surface area contributed by atoms with Crippen molar-refractivity contribution < 1.29 is 23.9 Å². The summed E-state index contributed by atoms with van der Waals surface area (Å²) in [5.74, 6) is 1.69. The van der Waals surface area contributed by atoms with Crippen molar-refractivity contribution in [2.75, 3.05) is 57.6 Å². The number of ether oxygens (including phenoxy) is 2. The quantitative estimate of drug-likeness (QED) is 0.455. The van der Waals surface area contributed by atoms with Crippen LogP contribution in [0.25, 0.3) is 11.3 Å². The Morgan fingerprint density at radius 3 is 2.30 bits per heavy atom. The zero-order valence-electron chi connectivity index (χ0n) is 23.1. The van der Waals surface area contributed by atoms with Crippen LogP contribution < -0.4 is 14.4 Å². The number of methoxy groups -OCH3 is 2. The van der Waals surface area contributed by atoms with Gasteiger partial charge in [-0.25, -0.2) is 0 Å². The lowest BCUT2D eigenvalue weighted by molar-refractivity contribution is -0.137. The summed E-state index contributed by atoms with van der Waals surface area (Å²) in [4.78, 5) is 43.9. The van der Waals surface area contributed by atoms with Gasteiger partial charge in [-0.05, 0) is 17.7 Å². The number of rotatable bonds is 6. The van der Waals surface area contributed by atoms with Gasteiger partial charge in [0.05, 0.1) is 30.9 Å². The van der Waals surface area contributed by atoms with Crippen molar-refractivity contribution in [3.05, 3.63) is 59.7 Å². The van der Waals surface area contributed by atoms with Gasteiger partial charge in [-0.1, -0.05) is 36.4 Å². The summed E-state index contributed by atoms with van der Waals surface area (Å²) in [6.07, 6.45) is 0. The highest BCUT2D eigenvalue weighted by molar-refractivity contribution is 8.00. The number of benzene rings is 2. The molecule has 5 rings (SSSR count). The molecule has 10 nitrogen and oxygen atoms in total. The number of carbonyl (C=O) groups excluding carboxylic acids is 3. The molecule has 0 radical (unpaired) electrons. The van der Waals surface area contributed by atoms with E-state index in [1.165, 1.54) is 18.7 Å². The fraction of sp³-hybridized carbons (Fsp3) is 0.379. The molecule has 2 aliphatic heterocycles. The average molecular weight is 564 g/mol. The van der Waals surface area contributed by atoms with Crippen molar-refractivity contribution in [2.24, 2.45) is 7.05 Å². The fourth-order valence-corrected chi connectivity index (χ4v) is 6.47. The molecule has 3 heterocycles. The highest BCUT2D eigenvalue weighted by Gasteiger charge is 2.37. The maximum absolute atomic E-state index is 13.6. The van der Waals surface area contributed by atoms with Gasteiger partial charge in [0.2, 0.25) is 17.7 Å². The third kappa shape index (κ3) is 5.25. The van der Waals surface area contributed by atoms with E-state index in [2.05, 4.69) is 0 Å². The average Bonchev–Trinajstić information content (AvgIpc) is 3.24. The highest BCUT2D eigenvalue weighted by Crippen LogP contribution is 2.48. The van der Waals surface area contributed by atoms with E-state index in [4.69, 9.17) is 14.6 Å². The van der Waals surface area contributed by atoms with Crippen LogP contribution >= 0.6 is 11.8 Å². The lowest BCUT2D eigenvalue weighted by Gasteiger charge is -2.35. The molecular weight excluding hydrogens is 530 g/mol. The van der Waals surface area contributed by atoms with Crippen molar-refractivity contribution in [1.82, 2.24) is 19.6 Å². The number of aryl methyl sites for hydroxylation is 1. The Kier molecular flexibility index (Phi) is 8.02. The summed E-state index contributed by atoms with van der Waals surface area (Å²) in [6, 6.07) is 15.6. The number of aromatic nitrogens is 2. The van der Waals surface area contributed by atoms with Gasteiger partial charge in [-0.15, -0.1) is 11.8 Å². The molecule has 11 heteroatoms. The number of hydrogen-bond donors (Lipinski definition) is 0. The summed E-state index contributed by atoms with van der Waals surface area (Å²) in [5, 5.41) is 4.63. The molecular formula is C29H33N5O5S. The molecule has 2 aliphatic rings. The predicted octanol–water partition coefficient (Wildman–Crippen LogP) is 2.96. The minimum Gasteiger partial charge on any atom is -0.493 e. The van der Waals surface area contributed by atoms with Crippen molar-refractivity contribution in [3.8, 4) is 22.8 Å². The zero-order chi connectivity index (χ0) is 28.4. The number of piperazine rings is 1. The van der Waals surface area contributed by atoms with Crippen LogP contribution in [0.3, 0.4) is 0 Å². The van der Waals surface area contributed by atoms with Gasteiger partial charge in [-0.2, -0.15) is 5.10 Å². The van der Waals surface area contributed by atoms with Crippen molar-refractivity contribution >= 4 is 35.3 Å². The topological polar surface area (TPSA) is 97.2 Å². The lowest BCUT2D eigenvalue weighted by Crippen LogP contribution is -2.53. The van der Waals surface area contributed by atoms with Crippen molar-refractivity contribution in [2.45, 2.75) is 12.2 Å². The van der Waals surface area contributed by atoms with Crippen molar-refractivity contribution in [1.29, 1.82) is 0 Å². The van der Waals surface area contributed by atoms with E-state index >= 15 is 0 Å². The minimum atomic E-state index is -0.248. The third-order valence-electron chi connectivity index (χ3n) is 7.37. The Bertz CT molecular complexity index is 1420. The summed E-state index contributed by atoms with van der Waals surface area (Å²) in [5.41, 5.74) is 3.49. The van der Waals surface area contributed by atoms with E-state index in [1.54, 1.807) is 33.6 Å². The molecule has 210 valence electrons. The van der Waals surface area contributed by atoms with E-state index in [0.29, 0.717) is 43.5 Å². The smallest absolute Gasteiger partial charge is 0.242 e. The normalized spacial score (nSPS) is 17.4. The number of fused-ring (bicyclic) bond motifs is 1. The molecule has 1 saturated heterocycles. The second-order valence-corrected chi connectivity index (χ2v) is 10.8. The lowest BCUT2D eigenvalue weighted by atomic mass is 9.99. The van der Waals surface area contributed by atoms with Gasteiger partial charge in [0.25, 0.3) is 0 Å². The Labute approximate surface area is 237 Å². The van der Waals surface area contributed by atoms with Gasteiger partial charge < -0.3 is 19.3 Å². The Balaban J connectivity index is 1.56. The van der Waals surface area contributed by atoms with Crippen LogP contribution in [-0.4, -0.2) is 90.0 Å². The number of nitrogens with zero attached hydrogens (tertiary/aromatic N) is 5. The van der Waals surface area contributed by atoms with Gasteiger partial charge >= 0.3 is 0 Å². The molecule has 40 heavy (non-hydrogen) atoms. The molecule has 0 unspecified atom stereocenters. The summed E-state index contributed by atoms with van der Waals surface area (Å²) < 4.78 is 12.7. The molecule has 3 aromatic rings. The second-order valence-electron chi connectivity index (χ2n) is 9.75. The molecule has 3 amide bonds. The molecule has 1 atom stereocenters. The van der Waals surface area contributed by atoms with E-state index in [9.17, 15) is 14.4 Å². The maximum atomic E-state index is 13.6. The molecule has 2 aromatic carbocycles. The van der Waals surface area contributed by atoms with E-state index < -0.39 is 0 Å².